The van der Waals surface area contributed by atoms with Gasteiger partial charge in [0.1, 0.15) is 24.7 Å². The molecule has 1 amide bonds. The van der Waals surface area contributed by atoms with E-state index in [0.29, 0.717) is 56.9 Å². The minimum Gasteiger partial charge on any atom is -0.808 e. The highest BCUT2D eigenvalue weighted by Gasteiger charge is 2.16. The maximum atomic E-state index is 11.5. The first kappa shape index (κ1) is 30.3. The van der Waals surface area contributed by atoms with E-state index in [1.165, 1.54) is 11.8 Å². The number of hydrogen-bond acceptors (Lipinski definition) is 10. The predicted molar refractivity (Wildman–Crippen MR) is 157 cm³/mol. The van der Waals surface area contributed by atoms with Crippen molar-refractivity contribution in [2.45, 2.75) is 20.1 Å². The average Bonchev–Trinajstić information content (AvgIpc) is 3.61. The first-order valence-corrected chi connectivity index (χ1v) is 14.9. The Kier molecular flexibility index (Phi) is 8.96. The summed E-state index contributed by atoms with van der Waals surface area (Å²) in [6, 6.07) is 21.1. The van der Waals surface area contributed by atoms with Crippen molar-refractivity contribution in [2.24, 2.45) is 5.73 Å². The summed E-state index contributed by atoms with van der Waals surface area (Å²) in [6.07, 6.45) is 2.73. The van der Waals surface area contributed by atoms with Gasteiger partial charge in [-0.25, -0.2) is 9.67 Å². The van der Waals surface area contributed by atoms with Crippen molar-refractivity contribution >= 4 is 19.6 Å². The van der Waals surface area contributed by atoms with Gasteiger partial charge in [0.15, 0.2) is 11.5 Å². The third-order valence-electron chi connectivity index (χ3n) is 6.42. The zero-order chi connectivity index (χ0) is 31.3. The smallest absolute Gasteiger partial charge is 0.248 e. The molecule has 0 bridgehead atoms. The van der Waals surface area contributed by atoms with Gasteiger partial charge < -0.3 is 38.7 Å². The maximum Gasteiger partial charge on any atom is 0.248 e. The largest absolute Gasteiger partial charge is 0.808 e. The molecule has 2 heterocycles. The predicted octanol–water partition coefficient (Wildman–Crippen LogP) is 3.99. The van der Waals surface area contributed by atoms with Crippen LogP contribution >= 0.6 is 7.60 Å². The molecule has 0 fully saturated rings. The molecule has 0 unspecified atom stereocenters. The third kappa shape index (κ3) is 7.42. The van der Waals surface area contributed by atoms with Crippen LogP contribution < -0.4 is 29.7 Å². The van der Waals surface area contributed by atoms with Crippen molar-refractivity contribution in [2.75, 3.05) is 7.11 Å². The van der Waals surface area contributed by atoms with Gasteiger partial charge in [-0.05, 0) is 68.6 Å². The summed E-state index contributed by atoms with van der Waals surface area (Å²) in [4.78, 5) is 38.5. The number of nitrogens with zero attached hydrogens (tertiary/aromatic N) is 3. The molecule has 0 saturated carbocycles. The molecule has 0 aliphatic rings. The van der Waals surface area contributed by atoms with Crippen LogP contribution in [0, 0.1) is 6.92 Å². The highest BCUT2D eigenvalue weighted by atomic mass is 31.2. The SMILES string of the molecule is COc1cc(COc2nn(-c3ccccc3)cc2/C=C/P(=O)([O-])[O-])ccc1OCc1nc(-c2cccc(C(N)=O)c2)oc1C. The molecule has 2 N–H and O–H groups in total. The molecule has 0 atom stereocenters. The van der Waals surface area contributed by atoms with E-state index < -0.39 is 13.5 Å². The van der Waals surface area contributed by atoms with Gasteiger partial charge in [-0.3, -0.25) is 4.79 Å². The highest BCUT2D eigenvalue weighted by Crippen LogP contribution is 2.32. The van der Waals surface area contributed by atoms with Crippen molar-refractivity contribution in [1.82, 2.24) is 14.8 Å². The van der Waals surface area contributed by atoms with Gasteiger partial charge in [-0.15, -0.1) is 5.10 Å². The fourth-order valence-electron chi connectivity index (χ4n) is 4.19. The molecule has 44 heavy (non-hydrogen) atoms. The normalized spacial score (nSPS) is 11.5. The van der Waals surface area contributed by atoms with Crippen LogP contribution in [0.25, 0.3) is 23.2 Å². The summed E-state index contributed by atoms with van der Waals surface area (Å²) in [6.45, 7) is 1.92. The quantitative estimate of drug-likeness (QED) is 0.202. The van der Waals surface area contributed by atoms with Crippen LogP contribution in [0.1, 0.15) is 32.9 Å². The monoisotopic (exact) mass is 614 g/mol. The molecule has 5 rings (SSSR count). The Balaban J connectivity index is 1.29. The van der Waals surface area contributed by atoms with Gasteiger partial charge in [0, 0.05) is 17.3 Å². The zero-order valence-corrected chi connectivity index (χ0v) is 24.6. The molecule has 226 valence electrons. The van der Waals surface area contributed by atoms with Crippen LogP contribution in [0.5, 0.6) is 17.4 Å². The lowest BCUT2D eigenvalue weighted by molar-refractivity contribution is -0.308. The fraction of sp³-hybridized carbons (Fsp3) is 0.129. The lowest BCUT2D eigenvalue weighted by Gasteiger charge is -2.24. The number of para-hydroxylation sites is 1. The van der Waals surface area contributed by atoms with Crippen LogP contribution in [0.3, 0.4) is 0 Å². The molecule has 2 aromatic heterocycles. The molecule has 3 aromatic carbocycles. The summed E-state index contributed by atoms with van der Waals surface area (Å²) >= 11 is 0. The Bertz CT molecular complexity index is 1860. The number of rotatable bonds is 12. The molecule has 5 aromatic rings. The number of primary amides is 1. The molecule has 13 heteroatoms. The van der Waals surface area contributed by atoms with E-state index >= 15 is 0 Å². The Morgan fingerprint density at radius 2 is 1.82 bits per heavy atom. The zero-order valence-electron chi connectivity index (χ0n) is 23.7. The summed E-state index contributed by atoms with van der Waals surface area (Å²) in [5.41, 5.74) is 8.66. The van der Waals surface area contributed by atoms with Crippen LogP contribution in [0.15, 0.2) is 89.2 Å². The second-order valence-electron chi connectivity index (χ2n) is 9.55. The van der Waals surface area contributed by atoms with Crippen molar-refractivity contribution in [1.29, 1.82) is 0 Å². The number of aromatic nitrogens is 3. The summed E-state index contributed by atoms with van der Waals surface area (Å²) in [7, 11) is -3.38. The van der Waals surface area contributed by atoms with Gasteiger partial charge in [0.05, 0.1) is 18.4 Å². The first-order valence-electron chi connectivity index (χ1n) is 13.2. The van der Waals surface area contributed by atoms with E-state index in [9.17, 15) is 19.1 Å². The van der Waals surface area contributed by atoms with Gasteiger partial charge >= 0.3 is 0 Å². The molecule has 0 aliphatic carbocycles. The number of benzene rings is 3. The van der Waals surface area contributed by atoms with E-state index in [-0.39, 0.29) is 19.1 Å². The van der Waals surface area contributed by atoms with E-state index in [1.807, 2.05) is 30.3 Å². The Morgan fingerprint density at radius 3 is 2.55 bits per heavy atom. The lowest BCUT2D eigenvalue weighted by Crippen LogP contribution is -2.10. The molecule has 0 radical (unpaired) electrons. The van der Waals surface area contributed by atoms with Crippen LogP contribution in [0.2, 0.25) is 0 Å². The number of carbonyl (C=O) groups is 1. The average molecular weight is 615 g/mol. The third-order valence-corrected chi connectivity index (χ3v) is 6.93. The Labute approximate surface area is 252 Å². The van der Waals surface area contributed by atoms with Crippen LogP contribution in [0.4, 0.5) is 0 Å². The molecule has 0 aliphatic heterocycles. The first-order chi connectivity index (χ1) is 21.1. The van der Waals surface area contributed by atoms with Crippen molar-refractivity contribution in [3.63, 3.8) is 0 Å². The second-order valence-corrected chi connectivity index (χ2v) is 10.9. The minimum atomic E-state index is -4.89. The number of carbonyl (C=O) groups excluding carboxylic acids is 1. The van der Waals surface area contributed by atoms with Crippen molar-refractivity contribution in [3.8, 4) is 34.5 Å². The van der Waals surface area contributed by atoms with E-state index in [1.54, 1.807) is 55.6 Å². The van der Waals surface area contributed by atoms with Crippen molar-refractivity contribution < 1.29 is 37.8 Å². The highest BCUT2D eigenvalue weighted by molar-refractivity contribution is 7.52. The molecular weight excluding hydrogens is 587 g/mol. The maximum absolute atomic E-state index is 11.5. The number of aryl methyl sites for hydroxylation is 1. The van der Waals surface area contributed by atoms with E-state index in [0.717, 1.165) is 11.8 Å². The minimum absolute atomic E-state index is 0.0613. The number of ether oxygens (including phenoxy) is 3. The van der Waals surface area contributed by atoms with E-state index in [4.69, 9.17) is 24.4 Å². The van der Waals surface area contributed by atoms with Gasteiger partial charge in [0.25, 0.3) is 0 Å². The number of oxazole rings is 1. The summed E-state index contributed by atoms with van der Waals surface area (Å²) in [5.74, 6) is 1.95. The summed E-state index contributed by atoms with van der Waals surface area (Å²) in [5, 5.41) is 4.42. The Hall–Kier alpha value is -5.16. The van der Waals surface area contributed by atoms with E-state index in [2.05, 4.69) is 10.1 Å². The molecule has 12 nitrogen and oxygen atoms in total. The van der Waals surface area contributed by atoms with Gasteiger partial charge in [-0.1, -0.05) is 36.1 Å². The molecule has 0 saturated heterocycles. The summed E-state index contributed by atoms with van der Waals surface area (Å²) < 4.78 is 36.0. The van der Waals surface area contributed by atoms with Crippen molar-refractivity contribution in [3.05, 3.63) is 113 Å². The standard InChI is InChI=1S/C31H29N4O8P/c1-20-26(33-30(43-20)23-8-6-7-22(16-23)29(32)36)19-41-27-12-11-21(15-28(27)40-2)18-42-31-24(13-14-44(37,38)39)17-35(34-31)25-9-4-3-5-10-25/h3-17H,18-19H2,1-2H3,(H2,32,36)(H2,37,38,39)/p-2/b14-13+. The molecule has 0 spiro atoms. The van der Waals surface area contributed by atoms with Crippen LogP contribution in [-0.2, 0) is 17.8 Å². The lowest BCUT2D eigenvalue weighted by atomic mass is 10.1. The van der Waals surface area contributed by atoms with Gasteiger partial charge in [0.2, 0.25) is 17.7 Å². The number of methoxy groups -OCH3 is 1. The Morgan fingerprint density at radius 1 is 1.02 bits per heavy atom. The molecular formula is C31H27N4O8P-2. The number of hydrogen-bond donors (Lipinski definition) is 1. The van der Waals surface area contributed by atoms with Gasteiger partial charge in [-0.2, -0.15) is 0 Å². The second kappa shape index (κ2) is 13.0. The number of nitrogens with two attached hydrogens (primary N) is 1. The number of amides is 1. The topological polar surface area (TPSA) is 178 Å². The fourth-order valence-corrected chi connectivity index (χ4v) is 4.54. The van der Waals surface area contributed by atoms with Crippen LogP contribution in [-0.4, -0.2) is 27.8 Å².